The average molecular weight is 329 g/mol. The van der Waals surface area contributed by atoms with E-state index < -0.39 is 0 Å². The van der Waals surface area contributed by atoms with Crippen molar-refractivity contribution in [2.45, 2.75) is 6.42 Å². The molecular weight excluding hydrogens is 316 g/mol. The molecule has 0 aliphatic carbocycles. The molecule has 1 aliphatic rings. The average Bonchev–Trinajstić information content (AvgIpc) is 2.66. The van der Waals surface area contributed by atoms with Crippen LogP contribution < -0.4 is 4.74 Å². The Morgan fingerprint density at radius 3 is 2.55 bits per heavy atom. The number of para-hydroxylation sites is 1. The number of carbonyl (C=O) groups excluding carboxylic acids is 1. The van der Waals surface area contributed by atoms with Crippen LogP contribution in [0.15, 0.2) is 53.0 Å². The van der Waals surface area contributed by atoms with E-state index in [2.05, 4.69) is 22.0 Å². The fraction of sp³-hybridized carbons (Fsp3) is 0.118. The molecule has 0 bridgehead atoms. The Balaban J connectivity index is 2.16. The van der Waals surface area contributed by atoms with Gasteiger partial charge < -0.3 is 4.74 Å². The zero-order valence-electron chi connectivity index (χ0n) is 10.8. The summed E-state index contributed by atoms with van der Waals surface area (Å²) in [6, 6.07) is 15.7. The molecule has 1 heterocycles. The van der Waals surface area contributed by atoms with Crippen molar-refractivity contribution in [1.29, 1.82) is 0 Å². The molecule has 100 valence electrons. The highest BCUT2D eigenvalue weighted by atomic mass is 79.9. The molecule has 0 saturated heterocycles. The van der Waals surface area contributed by atoms with E-state index in [1.54, 1.807) is 0 Å². The van der Waals surface area contributed by atoms with E-state index >= 15 is 0 Å². The first-order chi connectivity index (χ1) is 9.79. The van der Waals surface area contributed by atoms with E-state index in [1.165, 1.54) is 0 Å². The summed E-state index contributed by atoms with van der Waals surface area (Å²) < 4.78 is 6.91. The van der Waals surface area contributed by atoms with Crippen LogP contribution in [0.5, 0.6) is 5.75 Å². The van der Waals surface area contributed by atoms with Gasteiger partial charge in [-0.2, -0.15) is 0 Å². The van der Waals surface area contributed by atoms with Crippen LogP contribution in [0.2, 0.25) is 0 Å². The molecule has 0 amide bonds. The molecule has 0 N–H and O–H groups in total. The molecule has 3 heteroatoms. The number of carbonyl (C=O) groups is 1. The predicted octanol–water partition coefficient (Wildman–Crippen LogP) is 4.44. The van der Waals surface area contributed by atoms with Crippen LogP contribution in [0, 0.1) is 0 Å². The largest absolute Gasteiger partial charge is 0.493 e. The normalized spacial score (nSPS) is 14.2. The molecular formula is C17H13BrO2. The molecule has 20 heavy (non-hydrogen) atoms. The molecule has 2 aromatic rings. The lowest BCUT2D eigenvalue weighted by atomic mass is 9.96. The van der Waals surface area contributed by atoms with Crippen molar-refractivity contribution >= 4 is 27.8 Å². The lowest BCUT2D eigenvalue weighted by molar-refractivity contribution is 0.112. The number of hydrogen-bond donors (Lipinski definition) is 0. The van der Waals surface area contributed by atoms with E-state index in [-0.39, 0.29) is 0 Å². The zero-order valence-corrected chi connectivity index (χ0v) is 12.4. The summed E-state index contributed by atoms with van der Waals surface area (Å²) in [6.07, 6.45) is 1.69. The van der Waals surface area contributed by atoms with Crippen molar-refractivity contribution in [3.63, 3.8) is 0 Å². The van der Waals surface area contributed by atoms with E-state index in [0.29, 0.717) is 12.2 Å². The first-order valence-electron chi connectivity index (χ1n) is 6.46. The van der Waals surface area contributed by atoms with Gasteiger partial charge in [-0.05, 0) is 11.6 Å². The van der Waals surface area contributed by atoms with Gasteiger partial charge in [0.25, 0.3) is 0 Å². The van der Waals surface area contributed by atoms with Gasteiger partial charge in [0, 0.05) is 27.6 Å². The molecule has 0 fully saturated rings. The van der Waals surface area contributed by atoms with E-state index in [4.69, 9.17) is 4.74 Å². The SMILES string of the molecule is O=Cc1ccc(C2=C(Br)CCOc3ccccc32)cc1. The Morgan fingerprint density at radius 2 is 1.80 bits per heavy atom. The molecule has 2 nitrogen and oxygen atoms in total. The van der Waals surface area contributed by atoms with Gasteiger partial charge in [-0.25, -0.2) is 0 Å². The minimum Gasteiger partial charge on any atom is -0.493 e. The molecule has 3 rings (SSSR count). The van der Waals surface area contributed by atoms with Crippen molar-refractivity contribution < 1.29 is 9.53 Å². The number of fused-ring (bicyclic) bond motifs is 1. The smallest absolute Gasteiger partial charge is 0.150 e. The highest BCUT2D eigenvalue weighted by Gasteiger charge is 2.18. The Labute approximate surface area is 126 Å². The summed E-state index contributed by atoms with van der Waals surface area (Å²) in [7, 11) is 0. The van der Waals surface area contributed by atoms with Gasteiger partial charge in [-0.3, -0.25) is 4.79 Å². The Morgan fingerprint density at radius 1 is 1.05 bits per heavy atom. The predicted molar refractivity (Wildman–Crippen MR) is 83.3 cm³/mol. The molecule has 2 aromatic carbocycles. The molecule has 1 aliphatic heterocycles. The van der Waals surface area contributed by atoms with E-state index in [1.807, 2.05) is 42.5 Å². The monoisotopic (exact) mass is 328 g/mol. The Kier molecular flexibility index (Phi) is 3.70. The van der Waals surface area contributed by atoms with Crippen molar-refractivity contribution in [1.82, 2.24) is 0 Å². The quantitative estimate of drug-likeness (QED) is 0.762. The number of benzene rings is 2. The second-order valence-corrected chi connectivity index (χ2v) is 5.57. The van der Waals surface area contributed by atoms with Gasteiger partial charge in [-0.15, -0.1) is 0 Å². The van der Waals surface area contributed by atoms with Gasteiger partial charge in [0.15, 0.2) is 0 Å². The highest BCUT2D eigenvalue weighted by Crippen LogP contribution is 2.38. The maximum Gasteiger partial charge on any atom is 0.150 e. The highest BCUT2D eigenvalue weighted by molar-refractivity contribution is 9.11. The van der Waals surface area contributed by atoms with Crippen LogP contribution >= 0.6 is 15.9 Å². The fourth-order valence-electron chi connectivity index (χ4n) is 2.36. The van der Waals surface area contributed by atoms with Crippen molar-refractivity contribution in [3.05, 3.63) is 69.7 Å². The summed E-state index contributed by atoms with van der Waals surface area (Å²) >= 11 is 3.68. The topological polar surface area (TPSA) is 26.3 Å². The standard InChI is InChI=1S/C17H13BrO2/c18-15-9-10-20-16-4-2-1-3-14(16)17(15)13-7-5-12(11-19)6-8-13/h1-8,11H,9-10H2. The maximum absolute atomic E-state index is 10.8. The molecule has 0 saturated carbocycles. The molecule has 0 atom stereocenters. The number of rotatable bonds is 2. The number of aldehydes is 1. The van der Waals surface area contributed by atoms with Crippen LogP contribution in [0.4, 0.5) is 0 Å². The molecule has 0 unspecified atom stereocenters. The number of halogens is 1. The van der Waals surface area contributed by atoms with Crippen LogP contribution in [0.1, 0.15) is 27.9 Å². The summed E-state index contributed by atoms with van der Waals surface area (Å²) in [5.41, 5.74) is 3.98. The van der Waals surface area contributed by atoms with Gasteiger partial charge >= 0.3 is 0 Å². The fourth-order valence-corrected chi connectivity index (χ4v) is 2.97. The Hall–Kier alpha value is -1.87. The number of hydrogen-bond acceptors (Lipinski definition) is 2. The van der Waals surface area contributed by atoms with Gasteiger partial charge in [-0.1, -0.05) is 58.4 Å². The zero-order chi connectivity index (χ0) is 13.9. The van der Waals surface area contributed by atoms with E-state index in [0.717, 1.165) is 39.6 Å². The van der Waals surface area contributed by atoms with Crippen molar-refractivity contribution in [2.75, 3.05) is 6.61 Å². The lowest BCUT2D eigenvalue weighted by Gasteiger charge is -2.12. The minimum atomic E-state index is 0.660. The summed E-state index contributed by atoms with van der Waals surface area (Å²) in [5.74, 6) is 0.899. The van der Waals surface area contributed by atoms with Crippen LogP contribution in [-0.4, -0.2) is 12.9 Å². The molecule has 0 radical (unpaired) electrons. The molecule has 0 spiro atoms. The van der Waals surface area contributed by atoms with E-state index in [9.17, 15) is 4.79 Å². The first-order valence-corrected chi connectivity index (χ1v) is 7.25. The van der Waals surface area contributed by atoms with Crippen LogP contribution in [-0.2, 0) is 0 Å². The van der Waals surface area contributed by atoms with Crippen molar-refractivity contribution in [2.24, 2.45) is 0 Å². The van der Waals surface area contributed by atoms with Crippen molar-refractivity contribution in [3.8, 4) is 5.75 Å². The van der Waals surface area contributed by atoms with Crippen LogP contribution in [0.25, 0.3) is 5.57 Å². The lowest BCUT2D eigenvalue weighted by Crippen LogP contribution is -1.95. The molecule has 0 aromatic heterocycles. The summed E-state index contributed by atoms with van der Waals surface area (Å²) in [5, 5.41) is 0. The third kappa shape index (κ3) is 2.41. The third-order valence-corrected chi connectivity index (χ3v) is 4.14. The van der Waals surface area contributed by atoms with Gasteiger partial charge in [0.05, 0.1) is 6.61 Å². The second kappa shape index (κ2) is 5.63. The summed E-state index contributed by atoms with van der Waals surface area (Å²) in [4.78, 5) is 10.8. The second-order valence-electron chi connectivity index (χ2n) is 4.61. The third-order valence-electron chi connectivity index (χ3n) is 3.34. The van der Waals surface area contributed by atoms with Gasteiger partial charge in [0.1, 0.15) is 12.0 Å². The summed E-state index contributed by atoms with van der Waals surface area (Å²) in [6.45, 7) is 0.660. The first kappa shape index (κ1) is 13.1. The van der Waals surface area contributed by atoms with Crippen LogP contribution in [0.3, 0.4) is 0 Å². The maximum atomic E-state index is 10.8. The number of ether oxygens (including phenoxy) is 1. The van der Waals surface area contributed by atoms with Gasteiger partial charge in [0.2, 0.25) is 0 Å². The minimum absolute atomic E-state index is 0.660. The Bertz CT molecular complexity index is 672.